The lowest BCUT2D eigenvalue weighted by molar-refractivity contribution is 0.131. The van der Waals surface area contributed by atoms with Crippen LogP contribution < -0.4 is 22.3 Å². The van der Waals surface area contributed by atoms with Gasteiger partial charge in [-0.25, -0.2) is 20.8 Å². The van der Waals surface area contributed by atoms with E-state index in [2.05, 4.69) is 19.9 Å². The summed E-state index contributed by atoms with van der Waals surface area (Å²) in [5, 5.41) is 1.45. The van der Waals surface area contributed by atoms with Crippen molar-refractivity contribution in [3.8, 4) is 0 Å². The molecule has 0 saturated heterocycles. The Bertz CT molecular complexity index is 1040. The molecule has 0 fully saturated rings. The predicted molar refractivity (Wildman–Crippen MR) is 114 cm³/mol. The highest BCUT2D eigenvalue weighted by atomic mass is 16.5. The first-order chi connectivity index (χ1) is 14.1. The number of rotatable bonds is 8. The smallest absolute Gasteiger partial charge is 0.186 e. The second kappa shape index (κ2) is 9.13. The Morgan fingerprint density at radius 1 is 1.31 bits per heavy atom. The van der Waals surface area contributed by atoms with Crippen molar-refractivity contribution in [3.63, 3.8) is 0 Å². The highest BCUT2D eigenvalue weighted by Gasteiger charge is 2.14. The lowest BCUT2D eigenvalue weighted by Crippen LogP contribution is -2.32. The minimum atomic E-state index is 0.224. The number of anilines is 2. The van der Waals surface area contributed by atoms with Crippen LogP contribution in [-0.4, -0.2) is 39.2 Å². The molecule has 0 aliphatic rings. The second-order valence-electron chi connectivity index (χ2n) is 6.25. The van der Waals surface area contributed by atoms with Crippen molar-refractivity contribution in [1.82, 2.24) is 19.4 Å². The fourth-order valence-electron chi connectivity index (χ4n) is 2.83. The summed E-state index contributed by atoms with van der Waals surface area (Å²) >= 11 is 0. The normalized spacial score (nSPS) is 12.2. The zero-order chi connectivity index (χ0) is 20.8. The van der Waals surface area contributed by atoms with E-state index in [-0.39, 0.29) is 5.82 Å². The molecule has 0 saturated carbocycles. The Morgan fingerprint density at radius 3 is 2.86 bits per heavy atom. The summed E-state index contributed by atoms with van der Waals surface area (Å²) in [5.74, 6) is 6.84. The summed E-state index contributed by atoms with van der Waals surface area (Å²) in [6.45, 7) is 3.45. The van der Waals surface area contributed by atoms with Gasteiger partial charge in [-0.05, 0) is 18.6 Å². The number of hydrazine groups is 1. The van der Waals surface area contributed by atoms with Crippen molar-refractivity contribution in [3.05, 3.63) is 53.9 Å². The topological polar surface area (TPSA) is 146 Å². The number of hydrogen-bond donors (Lipinski definition) is 3. The van der Waals surface area contributed by atoms with Crippen LogP contribution in [0.15, 0.2) is 41.9 Å². The van der Waals surface area contributed by atoms with E-state index >= 15 is 0 Å². The zero-order valence-corrected chi connectivity index (χ0v) is 16.5. The molecule has 29 heavy (non-hydrogen) atoms. The molecule has 3 rings (SSSR count). The Labute approximate surface area is 168 Å². The van der Waals surface area contributed by atoms with Crippen LogP contribution in [0.1, 0.15) is 23.9 Å². The van der Waals surface area contributed by atoms with Gasteiger partial charge in [-0.3, -0.25) is 10.0 Å². The van der Waals surface area contributed by atoms with Crippen molar-refractivity contribution in [2.45, 2.75) is 20.1 Å². The summed E-state index contributed by atoms with van der Waals surface area (Å²) in [4.78, 5) is 17.0. The molecule has 0 aliphatic heterocycles. The molecule has 0 radical (unpaired) electrons. The highest BCUT2D eigenvalue weighted by molar-refractivity contribution is 6.08. The second-order valence-corrected chi connectivity index (χ2v) is 6.25. The van der Waals surface area contributed by atoms with Crippen molar-refractivity contribution in [2.75, 3.05) is 24.4 Å². The van der Waals surface area contributed by atoms with Gasteiger partial charge in [0.1, 0.15) is 5.65 Å². The van der Waals surface area contributed by atoms with Crippen molar-refractivity contribution in [1.29, 1.82) is 0 Å². The molecular weight excluding hydrogens is 370 g/mol. The number of aromatic nitrogens is 4. The Hall–Kier alpha value is -3.50. The summed E-state index contributed by atoms with van der Waals surface area (Å²) in [6, 6.07) is 3.88. The van der Waals surface area contributed by atoms with E-state index in [0.29, 0.717) is 36.8 Å². The standard InChI is InChI=1S/C19H25N9O/c1-3-29-12-15-8-24-17-5-4-13(10-27(15)17)11-28(22)19-18(21)25-9-16(26-19)14(6-20)7-23-2/h4-10H,3,11-12,20,22H2,1-2H3,(H2,21,25). The van der Waals surface area contributed by atoms with E-state index in [1.165, 1.54) is 17.4 Å². The third-order valence-electron chi connectivity index (χ3n) is 4.25. The predicted octanol–water partition coefficient (Wildman–Crippen LogP) is 1.12. The number of ether oxygens (including phenoxy) is 1. The largest absolute Gasteiger partial charge is 0.404 e. The first-order valence-electron chi connectivity index (χ1n) is 9.09. The number of fused-ring (bicyclic) bond motifs is 1. The van der Waals surface area contributed by atoms with E-state index < -0.39 is 0 Å². The third-order valence-corrected chi connectivity index (χ3v) is 4.25. The maximum atomic E-state index is 6.27. The number of hydrogen-bond acceptors (Lipinski definition) is 9. The molecule has 10 heteroatoms. The number of nitrogens with zero attached hydrogens (tertiary/aromatic N) is 6. The van der Waals surface area contributed by atoms with E-state index in [1.807, 2.05) is 29.7 Å². The van der Waals surface area contributed by atoms with Crippen molar-refractivity contribution < 1.29 is 4.74 Å². The Kier molecular flexibility index (Phi) is 6.37. The van der Waals surface area contributed by atoms with Crippen molar-refractivity contribution in [2.24, 2.45) is 16.6 Å². The van der Waals surface area contributed by atoms with E-state index in [0.717, 1.165) is 16.9 Å². The fraction of sp³-hybridized carbons (Fsp3) is 0.263. The molecule has 0 atom stereocenters. The lowest BCUT2D eigenvalue weighted by atomic mass is 10.2. The van der Waals surface area contributed by atoms with Gasteiger partial charge in [0.25, 0.3) is 0 Å². The first-order valence-corrected chi connectivity index (χ1v) is 9.09. The molecule has 0 amide bonds. The summed E-state index contributed by atoms with van der Waals surface area (Å²) in [5.41, 5.74) is 15.6. The van der Waals surface area contributed by atoms with Crippen LogP contribution in [0.4, 0.5) is 11.6 Å². The molecule has 0 aromatic carbocycles. The van der Waals surface area contributed by atoms with E-state index in [9.17, 15) is 0 Å². The number of nitrogens with two attached hydrogens (primary N) is 3. The van der Waals surface area contributed by atoms with Gasteiger partial charge in [0.15, 0.2) is 11.6 Å². The average Bonchev–Trinajstić information content (AvgIpc) is 3.13. The maximum absolute atomic E-state index is 6.27. The molecule has 0 unspecified atom stereocenters. The Morgan fingerprint density at radius 2 is 2.14 bits per heavy atom. The molecule has 10 nitrogen and oxygen atoms in total. The number of pyridine rings is 1. The molecule has 3 aromatic rings. The van der Waals surface area contributed by atoms with Gasteiger partial charge < -0.3 is 20.6 Å². The number of nitrogen functional groups attached to an aromatic ring is 1. The SMILES string of the molecule is CCOCc1cnc2ccc(CN(N)c3nc(C(C=NC)=CN)cnc3N)cn12. The molecule has 152 valence electrons. The van der Waals surface area contributed by atoms with Gasteiger partial charge in [-0.1, -0.05) is 6.07 Å². The van der Waals surface area contributed by atoms with Crippen LogP contribution in [0.5, 0.6) is 0 Å². The molecule has 6 N–H and O–H groups in total. The van der Waals surface area contributed by atoms with Crippen LogP contribution in [0, 0.1) is 0 Å². The molecule has 3 aromatic heterocycles. The van der Waals surface area contributed by atoms with Gasteiger partial charge in [-0.15, -0.1) is 0 Å². The number of aliphatic imine (C=N–C) groups is 1. The summed E-state index contributed by atoms with van der Waals surface area (Å²) in [6.07, 6.45) is 8.31. The van der Waals surface area contributed by atoms with E-state index in [4.69, 9.17) is 22.0 Å². The minimum Gasteiger partial charge on any atom is -0.404 e. The zero-order valence-electron chi connectivity index (χ0n) is 16.5. The third kappa shape index (κ3) is 4.50. The summed E-state index contributed by atoms with van der Waals surface area (Å²) in [7, 11) is 1.65. The van der Waals surface area contributed by atoms with Gasteiger partial charge in [0, 0.05) is 37.8 Å². The molecule has 0 spiro atoms. The van der Waals surface area contributed by atoms with Crippen molar-refractivity contribution >= 4 is 29.1 Å². The number of imidazole rings is 1. The highest BCUT2D eigenvalue weighted by Crippen LogP contribution is 2.21. The van der Waals surface area contributed by atoms with Crippen LogP contribution in [0.2, 0.25) is 0 Å². The van der Waals surface area contributed by atoms with Gasteiger partial charge in [0.2, 0.25) is 0 Å². The monoisotopic (exact) mass is 395 g/mol. The molecule has 0 bridgehead atoms. The fourth-order valence-corrected chi connectivity index (χ4v) is 2.83. The van der Waals surface area contributed by atoms with Gasteiger partial charge in [0.05, 0.1) is 36.9 Å². The van der Waals surface area contributed by atoms with E-state index in [1.54, 1.807) is 19.5 Å². The maximum Gasteiger partial charge on any atom is 0.186 e. The van der Waals surface area contributed by atoms with Gasteiger partial charge in [-0.2, -0.15) is 0 Å². The minimum absolute atomic E-state index is 0.224. The Balaban J connectivity index is 1.87. The number of allylic oxidation sites excluding steroid dienone is 1. The molecule has 3 heterocycles. The lowest BCUT2D eigenvalue weighted by Gasteiger charge is -2.19. The van der Waals surface area contributed by atoms with Crippen LogP contribution in [0.3, 0.4) is 0 Å². The average molecular weight is 395 g/mol. The van der Waals surface area contributed by atoms with Crippen LogP contribution in [-0.2, 0) is 17.9 Å². The first kappa shape index (κ1) is 20.2. The molecule has 0 aliphatic carbocycles. The van der Waals surface area contributed by atoms with Crippen LogP contribution in [0.25, 0.3) is 11.2 Å². The quantitative estimate of drug-likeness (QED) is 0.292. The molecular formula is C19H25N9O. The van der Waals surface area contributed by atoms with Gasteiger partial charge >= 0.3 is 0 Å². The summed E-state index contributed by atoms with van der Waals surface area (Å²) < 4.78 is 7.48. The van der Waals surface area contributed by atoms with Crippen LogP contribution >= 0.6 is 0 Å².